The molecule has 0 radical (unpaired) electrons. The van der Waals surface area contributed by atoms with E-state index < -0.39 is 0 Å². The first-order chi connectivity index (χ1) is 12.8. The normalized spacial score (nSPS) is 11.3. The zero-order chi connectivity index (χ0) is 18.9. The molecule has 0 aliphatic carbocycles. The second-order valence-electron chi connectivity index (χ2n) is 8.18. The molecule has 0 aromatic carbocycles. The predicted octanol–water partition coefficient (Wildman–Crippen LogP) is 7.14. The molecule has 1 heterocycles. The zero-order valence-electron chi connectivity index (χ0n) is 18.3. The molecular formula is C24H47N2+. The molecule has 1 aromatic rings. The molecule has 152 valence electrons. The van der Waals surface area contributed by atoms with Crippen LogP contribution in [0.5, 0.6) is 0 Å². The van der Waals surface area contributed by atoms with E-state index in [1.807, 2.05) is 0 Å². The fourth-order valence-corrected chi connectivity index (χ4v) is 4.04. The molecule has 0 amide bonds. The van der Waals surface area contributed by atoms with E-state index in [4.69, 9.17) is 0 Å². The van der Waals surface area contributed by atoms with Crippen molar-refractivity contribution in [2.45, 2.75) is 130 Å². The number of hydrogen-bond acceptors (Lipinski definition) is 0. The van der Waals surface area contributed by atoms with Crippen molar-refractivity contribution in [3.63, 3.8) is 0 Å². The Bertz CT molecular complexity index is 422. The lowest BCUT2D eigenvalue weighted by Crippen LogP contribution is -2.36. The molecule has 26 heavy (non-hydrogen) atoms. The summed E-state index contributed by atoms with van der Waals surface area (Å²) >= 11 is 0. The van der Waals surface area contributed by atoms with Gasteiger partial charge in [-0.2, -0.15) is 0 Å². The van der Waals surface area contributed by atoms with E-state index in [-0.39, 0.29) is 0 Å². The molecule has 0 bridgehead atoms. The van der Waals surface area contributed by atoms with E-state index in [2.05, 4.69) is 42.4 Å². The molecule has 0 unspecified atom stereocenters. The zero-order valence-corrected chi connectivity index (χ0v) is 18.3. The second-order valence-corrected chi connectivity index (χ2v) is 8.18. The van der Waals surface area contributed by atoms with Crippen LogP contribution in [0.3, 0.4) is 0 Å². The maximum atomic E-state index is 2.43. The van der Waals surface area contributed by atoms with Crippen molar-refractivity contribution in [2.24, 2.45) is 7.05 Å². The Morgan fingerprint density at radius 2 is 1.08 bits per heavy atom. The summed E-state index contributed by atoms with van der Waals surface area (Å²) in [7, 11) is 2.16. The van der Waals surface area contributed by atoms with Gasteiger partial charge in [0.05, 0.1) is 13.6 Å². The maximum Gasteiger partial charge on any atom is 0.255 e. The standard InChI is InChI=1S/C24H47N2/c1-4-6-7-8-9-10-11-12-13-14-15-16-17-18-19-20-21-26-23-22-25(3)24(26)5-2/h22-23H,4-21H2,1-3H3/q+1. The third-order valence-electron chi connectivity index (χ3n) is 5.78. The van der Waals surface area contributed by atoms with Crippen LogP contribution in [0, 0.1) is 0 Å². The monoisotopic (exact) mass is 363 g/mol. The lowest BCUT2D eigenvalue weighted by molar-refractivity contribution is -0.704. The highest BCUT2D eigenvalue weighted by Crippen LogP contribution is 2.13. The predicted molar refractivity (Wildman–Crippen MR) is 115 cm³/mol. The third-order valence-corrected chi connectivity index (χ3v) is 5.78. The van der Waals surface area contributed by atoms with Gasteiger partial charge in [-0.3, -0.25) is 0 Å². The van der Waals surface area contributed by atoms with E-state index in [1.165, 1.54) is 115 Å². The smallest absolute Gasteiger partial charge is 0.237 e. The van der Waals surface area contributed by atoms with Crippen molar-refractivity contribution >= 4 is 0 Å². The fourth-order valence-electron chi connectivity index (χ4n) is 4.04. The van der Waals surface area contributed by atoms with Crippen LogP contribution in [0.1, 0.15) is 122 Å². The van der Waals surface area contributed by atoms with E-state index in [0.29, 0.717) is 0 Å². The first-order valence-corrected chi connectivity index (χ1v) is 11.8. The molecule has 2 nitrogen and oxygen atoms in total. The molecule has 1 aromatic heterocycles. The Morgan fingerprint density at radius 3 is 1.50 bits per heavy atom. The van der Waals surface area contributed by atoms with Gasteiger partial charge in [0.1, 0.15) is 12.4 Å². The Labute approximate surface area is 164 Å². The Balaban J connectivity index is 1.80. The van der Waals surface area contributed by atoms with Crippen LogP contribution in [0.25, 0.3) is 0 Å². The van der Waals surface area contributed by atoms with E-state index in [1.54, 1.807) is 0 Å². The number of aryl methyl sites for hydroxylation is 2. The molecule has 0 spiro atoms. The molecule has 2 heteroatoms. The molecule has 0 aliphatic heterocycles. The number of imidazole rings is 1. The summed E-state index contributed by atoms with van der Waals surface area (Å²) in [5, 5.41) is 0. The minimum atomic E-state index is 1.13. The molecular weight excluding hydrogens is 316 g/mol. The van der Waals surface area contributed by atoms with Crippen molar-refractivity contribution in [1.82, 2.24) is 4.57 Å². The van der Waals surface area contributed by atoms with Gasteiger partial charge in [0.15, 0.2) is 0 Å². The van der Waals surface area contributed by atoms with Crippen LogP contribution in [-0.4, -0.2) is 4.57 Å². The van der Waals surface area contributed by atoms with Crippen molar-refractivity contribution < 1.29 is 4.57 Å². The lowest BCUT2D eigenvalue weighted by atomic mass is 10.0. The summed E-state index contributed by atoms with van der Waals surface area (Å²) in [5.74, 6) is 1.45. The largest absolute Gasteiger partial charge is 0.255 e. The fraction of sp³-hybridized carbons (Fsp3) is 0.875. The number of aromatic nitrogens is 2. The number of unbranched alkanes of at least 4 members (excludes halogenated alkanes) is 15. The third kappa shape index (κ3) is 11.0. The van der Waals surface area contributed by atoms with Crippen LogP contribution in [0.4, 0.5) is 0 Å². The van der Waals surface area contributed by atoms with Gasteiger partial charge in [0.25, 0.3) is 5.82 Å². The molecule has 0 saturated heterocycles. The first-order valence-electron chi connectivity index (χ1n) is 11.8. The van der Waals surface area contributed by atoms with Gasteiger partial charge >= 0.3 is 0 Å². The summed E-state index contributed by atoms with van der Waals surface area (Å²) in [6.45, 7) is 5.74. The average Bonchev–Trinajstić information content (AvgIpc) is 3.01. The molecule has 0 N–H and O–H groups in total. The molecule has 0 saturated carbocycles. The summed E-state index contributed by atoms with van der Waals surface area (Å²) in [4.78, 5) is 0. The Kier molecular flexibility index (Phi) is 14.7. The van der Waals surface area contributed by atoms with E-state index in [0.717, 1.165) is 6.42 Å². The SMILES string of the molecule is CCCCCCCCCCCCCCCCCC[n+]1ccn(C)c1CC. The van der Waals surface area contributed by atoms with Crippen LogP contribution < -0.4 is 4.57 Å². The minimum absolute atomic E-state index is 1.13. The van der Waals surface area contributed by atoms with Crippen LogP contribution in [0.2, 0.25) is 0 Å². The van der Waals surface area contributed by atoms with Crippen molar-refractivity contribution in [2.75, 3.05) is 0 Å². The number of hydrogen-bond donors (Lipinski definition) is 0. The van der Waals surface area contributed by atoms with Gasteiger partial charge < -0.3 is 0 Å². The maximum absolute atomic E-state index is 2.43. The highest BCUT2D eigenvalue weighted by molar-refractivity contribution is 4.80. The van der Waals surface area contributed by atoms with Gasteiger partial charge in [-0.25, -0.2) is 9.13 Å². The van der Waals surface area contributed by atoms with Gasteiger partial charge in [0.2, 0.25) is 0 Å². The van der Waals surface area contributed by atoms with Crippen molar-refractivity contribution in [1.29, 1.82) is 0 Å². The topological polar surface area (TPSA) is 8.81 Å². The van der Waals surface area contributed by atoms with Gasteiger partial charge in [-0.15, -0.1) is 0 Å². The van der Waals surface area contributed by atoms with Gasteiger partial charge in [0, 0.05) is 6.42 Å². The molecule has 0 fully saturated rings. The lowest BCUT2D eigenvalue weighted by Gasteiger charge is -2.04. The van der Waals surface area contributed by atoms with E-state index >= 15 is 0 Å². The van der Waals surface area contributed by atoms with Crippen LogP contribution >= 0.6 is 0 Å². The quantitative estimate of drug-likeness (QED) is 0.194. The van der Waals surface area contributed by atoms with Gasteiger partial charge in [-0.1, -0.05) is 104 Å². The highest BCUT2D eigenvalue weighted by atomic mass is 15.1. The number of rotatable bonds is 18. The summed E-state index contributed by atoms with van der Waals surface area (Å²) in [6, 6.07) is 0. The second kappa shape index (κ2) is 16.4. The van der Waals surface area contributed by atoms with Crippen molar-refractivity contribution in [3.05, 3.63) is 18.2 Å². The van der Waals surface area contributed by atoms with Crippen LogP contribution in [0.15, 0.2) is 12.4 Å². The summed E-state index contributed by atoms with van der Waals surface area (Å²) < 4.78 is 4.69. The molecule has 0 atom stereocenters. The van der Waals surface area contributed by atoms with Gasteiger partial charge in [-0.05, 0) is 12.8 Å². The minimum Gasteiger partial charge on any atom is -0.237 e. The summed E-state index contributed by atoms with van der Waals surface area (Å²) in [6.07, 6.45) is 28.6. The molecule has 0 aliphatic rings. The molecule has 1 rings (SSSR count). The Morgan fingerprint density at radius 1 is 0.654 bits per heavy atom. The van der Waals surface area contributed by atoms with E-state index in [9.17, 15) is 0 Å². The van der Waals surface area contributed by atoms with Crippen molar-refractivity contribution in [3.8, 4) is 0 Å². The summed E-state index contributed by atoms with van der Waals surface area (Å²) in [5.41, 5.74) is 0. The van der Waals surface area contributed by atoms with Crippen LogP contribution in [-0.2, 0) is 20.0 Å². The average molecular weight is 364 g/mol. The Hall–Kier alpha value is -0.790. The highest BCUT2D eigenvalue weighted by Gasteiger charge is 2.10. The number of nitrogens with zero attached hydrogens (tertiary/aromatic N) is 2. The first kappa shape index (κ1) is 23.2.